The smallest absolute Gasteiger partial charge is 0.0937 e. The van der Waals surface area contributed by atoms with Crippen molar-refractivity contribution in [2.24, 2.45) is 0 Å². The van der Waals surface area contributed by atoms with Crippen LogP contribution in [0, 0.1) is 0 Å². The van der Waals surface area contributed by atoms with E-state index in [1.807, 2.05) is 6.26 Å². The van der Waals surface area contributed by atoms with E-state index in [-0.39, 0.29) is 0 Å². The molecule has 1 fully saturated rings. The van der Waals surface area contributed by atoms with Gasteiger partial charge in [-0.2, -0.15) is 0 Å². The van der Waals surface area contributed by atoms with Gasteiger partial charge in [-0.25, -0.2) is 0 Å². The van der Waals surface area contributed by atoms with Crippen LogP contribution in [0.1, 0.15) is 43.6 Å². The highest BCUT2D eigenvalue weighted by molar-refractivity contribution is 6.20. The van der Waals surface area contributed by atoms with Gasteiger partial charge in [0.2, 0.25) is 0 Å². The van der Waals surface area contributed by atoms with E-state index >= 15 is 0 Å². The molecule has 1 aromatic heterocycles. The van der Waals surface area contributed by atoms with Crippen LogP contribution in [0.4, 0.5) is 0 Å². The number of furan rings is 1. The largest absolute Gasteiger partial charge is 0.472 e. The Kier molecular flexibility index (Phi) is 2.94. The van der Waals surface area contributed by atoms with Gasteiger partial charge in [-0.05, 0) is 36.8 Å². The summed E-state index contributed by atoms with van der Waals surface area (Å²) in [4.78, 5) is 0. The van der Waals surface area contributed by atoms with Gasteiger partial charge >= 0.3 is 0 Å². The number of halogens is 1. The van der Waals surface area contributed by atoms with Crippen LogP contribution < -0.4 is 0 Å². The molecule has 72 valence electrons. The van der Waals surface area contributed by atoms with E-state index in [4.69, 9.17) is 16.0 Å². The Bertz CT molecular complexity index is 243. The zero-order valence-corrected chi connectivity index (χ0v) is 8.46. The van der Waals surface area contributed by atoms with Crippen LogP contribution in [-0.2, 0) is 0 Å². The average molecular weight is 199 g/mol. The monoisotopic (exact) mass is 198 g/mol. The molecular formula is C11H15ClO. The molecule has 0 amide bonds. The molecule has 13 heavy (non-hydrogen) atoms. The number of alkyl halides is 1. The van der Waals surface area contributed by atoms with Crippen LogP contribution in [-0.4, -0.2) is 5.38 Å². The Labute approximate surface area is 84.1 Å². The third-order valence-corrected chi connectivity index (χ3v) is 3.27. The van der Waals surface area contributed by atoms with Gasteiger partial charge in [0.1, 0.15) is 0 Å². The van der Waals surface area contributed by atoms with Gasteiger partial charge < -0.3 is 4.42 Å². The van der Waals surface area contributed by atoms with Crippen LogP contribution in [0.5, 0.6) is 0 Å². The van der Waals surface area contributed by atoms with Crippen molar-refractivity contribution in [2.45, 2.75) is 43.4 Å². The molecule has 0 aliphatic heterocycles. The van der Waals surface area contributed by atoms with Gasteiger partial charge in [-0.3, -0.25) is 0 Å². The second kappa shape index (κ2) is 4.19. The standard InChI is InChI=1S/C11H15ClO/c12-11-4-2-1-3-9(7-11)10-5-6-13-8-10/h5-6,8-9,11H,1-4,7H2. The lowest BCUT2D eigenvalue weighted by molar-refractivity contribution is 0.544. The van der Waals surface area contributed by atoms with Crippen molar-refractivity contribution in [2.75, 3.05) is 0 Å². The number of hydrogen-bond donors (Lipinski definition) is 0. The van der Waals surface area contributed by atoms with E-state index in [1.165, 1.54) is 31.2 Å². The zero-order valence-electron chi connectivity index (χ0n) is 7.71. The van der Waals surface area contributed by atoms with Crippen LogP contribution in [0.3, 0.4) is 0 Å². The lowest BCUT2D eigenvalue weighted by Gasteiger charge is -2.13. The molecule has 0 spiro atoms. The van der Waals surface area contributed by atoms with Crippen molar-refractivity contribution >= 4 is 11.6 Å². The van der Waals surface area contributed by atoms with Gasteiger partial charge in [0.15, 0.2) is 0 Å². The Morgan fingerprint density at radius 2 is 2.15 bits per heavy atom. The maximum Gasteiger partial charge on any atom is 0.0937 e. The first-order valence-corrected chi connectivity index (χ1v) is 5.46. The second-order valence-corrected chi connectivity index (χ2v) is 4.49. The highest BCUT2D eigenvalue weighted by atomic mass is 35.5. The summed E-state index contributed by atoms with van der Waals surface area (Å²) in [6.07, 6.45) is 9.75. The van der Waals surface area contributed by atoms with E-state index < -0.39 is 0 Å². The average Bonchev–Trinajstić information content (AvgIpc) is 2.56. The maximum atomic E-state index is 6.20. The summed E-state index contributed by atoms with van der Waals surface area (Å²) in [6.45, 7) is 0. The number of hydrogen-bond acceptors (Lipinski definition) is 1. The van der Waals surface area contributed by atoms with Crippen molar-refractivity contribution in [3.63, 3.8) is 0 Å². The molecule has 1 nitrogen and oxygen atoms in total. The highest BCUT2D eigenvalue weighted by Crippen LogP contribution is 2.33. The van der Waals surface area contributed by atoms with E-state index in [0.29, 0.717) is 11.3 Å². The zero-order chi connectivity index (χ0) is 9.10. The van der Waals surface area contributed by atoms with Crippen molar-refractivity contribution in [3.05, 3.63) is 24.2 Å². The predicted octanol–water partition coefficient (Wildman–Crippen LogP) is 3.93. The van der Waals surface area contributed by atoms with Gasteiger partial charge in [0.25, 0.3) is 0 Å². The maximum absolute atomic E-state index is 6.20. The molecule has 0 radical (unpaired) electrons. The first kappa shape index (κ1) is 9.14. The van der Waals surface area contributed by atoms with Crippen molar-refractivity contribution in [1.29, 1.82) is 0 Å². The fourth-order valence-electron chi connectivity index (χ4n) is 2.11. The molecule has 1 saturated carbocycles. The summed E-state index contributed by atoms with van der Waals surface area (Å²) in [7, 11) is 0. The Balaban J connectivity index is 2.05. The Morgan fingerprint density at radius 1 is 1.31 bits per heavy atom. The molecule has 2 unspecified atom stereocenters. The summed E-state index contributed by atoms with van der Waals surface area (Å²) >= 11 is 6.20. The summed E-state index contributed by atoms with van der Waals surface area (Å²) in [5, 5.41) is 0.363. The van der Waals surface area contributed by atoms with Gasteiger partial charge in [-0.1, -0.05) is 12.8 Å². The first-order valence-electron chi connectivity index (χ1n) is 5.02. The minimum absolute atomic E-state index is 0.363. The molecule has 2 heteroatoms. The third kappa shape index (κ3) is 2.28. The molecule has 0 aromatic carbocycles. The topological polar surface area (TPSA) is 13.1 Å². The summed E-state index contributed by atoms with van der Waals surface area (Å²) in [6, 6.07) is 2.07. The SMILES string of the molecule is ClC1CCCCC(c2ccoc2)C1. The summed E-state index contributed by atoms with van der Waals surface area (Å²) in [5.74, 6) is 0.628. The van der Waals surface area contributed by atoms with Crippen LogP contribution >= 0.6 is 11.6 Å². The number of rotatable bonds is 1. The molecule has 1 heterocycles. The predicted molar refractivity (Wildman–Crippen MR) is 54.2 cm³/mol. The third-order valence-electron chi connectivity index (χ3n) is 2.87. The molecule has 1 aromatic rings. The van der Waals surface area contributed by atoms with E-state index in [9.17, 15) is 0 Å². The minimum atomic E-state index is 0.363. The second-order valence-electron chi connectivity index (χ2n) is 3.87. The van der Waals surface area contributed by atoms with E-state index in [2.05, 4.69) is 6.07 Å². The summed E-state index contributed by atoms with van der Waals surface area (Å²) in [5.41, 5.74) is 1.33. The Morgan fingerprint density at radius 3 is 2.92 bits per heavy atom. The molecule has 0 N–H and O–H groups in total. The van der Waals surface area contributed by atoms with Crippen molar-refractivity contribution < 1.29 is 4.42 Å². The molecule has 2 atom stereocenters. The molecule has 1 aliphatic carbocycles. The van der Waals surface area contributed by atoms with Gasteiger partial charge in [0, 0.05) is 5.38 Å². The molecule has 0 bridgehead atoms. The van der Waals surface area contributed by atoms with Crippen molar-refractivity contribution in [3.8, 4) is 0 Å². The molecule has 2 rings (SSSR count). The lowest BCUT2D eigenvalue weighted by Crippen LogP contribution is -2.02. The molecule has 0 saturated heterocycles. The van der Waals surface area contributed by atoms with Crippen molar-refractivity contribution in [1.82, 2.24) is 0 Å². The fraction of sp³-hybridized carbons (Fsp3) is 0.636. The normalized spacial score (nSPS) is 29.9. The van der Waals surface area contributed by atoms with Gasteiger partial charge in [0.05, 0.1) is 12.5 Å². The molecule has 1 aliphatic rings. The van der Waals surface area contributed by atoms with Crippen LogP contribution in [0.15, 0.2) is 23.0 Å². The fourth-order valence-corrected chi connectivity index (χ4v) is 2.48. The van der Waals surface area contributed by atoms with Crippen LogP contribution in [0.2, 0.25) is 0 Å². The lowest BCUT2D eigenvalue weighted by atomic mass is 9.94. The van der Waals surface area contributed by atoms with Gasteiger partial charge in [-0.15, -0.1) is 11.6 Å². The van der Waals surface area contributed by atoms with Crippen LogP contribution in [0.25, 0.3) is 0 Å². The minimum Gasteiger partial charge on any atom is -0.472 e. The van der Waals surface area contributed by atoms with E-state index in [0.717, 1.165) is 6.42 Å². The molecular weight excluding hydrogens is 184 g/mol. The Hall–Kier alpha value is -0.430. The first-order chi connectivity index (χ1) is 6.36. The highest BCUT2D eigenvalue weighted by Gasteiger charge is 2.20. The quantitative estimate of drug-likeness (QED) is 0.492. The summed E-state index contributed by atoms with van der Waals surface area (Å²) < 4.78 is 5.10. The van der Waals surface area contributed by atoms with E-state index in [1.54, 1.807) is 6.26 Å².